The van der Waals surface area contributed by atoms with Crippen molar-refractivity contribution in [2.24, 2.45) is 0 Å². The lowest BCUT2D eigenvalue weighted by molar-refractivity contribution is 0.0516. The van der Waals surface area contributed by atoms with Crippen LogP contribution in [0.3, 0.4) is 0 Å². The summed E-state index contributed by atoms with van der Waals surface area (Å²) in [7, 11) is 1.62. The van der Waals surface area contributed by atoms with Crippen LogP contribution >= 0.6 is 0 Å². The third-order valence-electron chi connectivity index (χ3n) is 2.01. The minimum Gasteiger partial charge on any atom is -0.461 e. The van der Waals surface area contributed by atoms with Crippen molar-refractivity contribution in [2.75, 3.05) is 26.9 Å². The van der Waals surface area contributed by atoms with Gasteiger partial charge < -0.3 is 14.2 Å². The number of carbonyl (C=O) groups is 1. The van der Waals surface area contributed by atoms with Gasteiger partial charge in [-0.1, -0.05) is 0 Å². The van der Waals surface area contributed by atoms with Crippen molar-refractivity contribution in [1.29, 1.82) is 0 Å². The molecule has 17 heavy (non-hydrogen) atoms. The summed E-state index contributed by atoms with van der Waals surface area (Å²) in [5, 5.41) is 0. The van der Waals surface area contributed by atoms with Crippen molar-refractivity contribution >= 4 is 5.97 Å². The first-order valence-corrected chi connectivity index (χ1v) is 5.46. The van der Waals surface area contributed by atoms with Gasteiger partial charge in [-0.2, -0.15) is 0 Å². The molecule has 1 rings (SSSR count). The minimum atomic E-state index is -0.411. The summed E-state index contributed by atoms with van der Waals surface area (Å²) in [4.78, 5) is 15.4. The highest BCUT2D eigenvalue weighted by molar-refractivity contribution is 5.87. The average molecular weight is 239 g/mol. The summed E-state index contributed by atoms with van der Waals surface area (Å²) in [5.74, 6) is -0.411. The fourth-order valence-corrected chi connectivity index (χ4v) is 1.21. The number of hydrogen-bond donors (Lipinski definition) is 0. The van der Waals surface area contributed by atoms with E-state index in [0.29, 0.717) is 32.1 Å². The smallest absolute Gasteiger partial charge is 0.356 e. The highest BCUT2D eigenvalue weighted by Gasteiger charge is 2.08. The molecule has 1 heterocycles. The van der Waals surface area contributed by atoms with Gasteiger partial charge in [-0.15, -0.1) is 0 Å². The maximum atomic E-state index is 11.4. The number of nitrogens with zero attached hydrogens (tertiary/aromatic N) is 1. The normalized spacial score (nSPS) is 10.2. The van der Waals surface area contributed by atoms with Gasteiger partial charge in [-0.05, 0) is 24.6 Å². The predicted molar refractivity (Wildman–Crippen MR) is 61.7 cm³/mol. The molecule has 5 heteroatoms. The second kappa shape index (κ2) is 7.76. The number of aromatic nitrogens is 1. The first-order chi connectivity index (χ1) is 8.27. The maximum Gasteiger partial charge on any atom is 0.356 e. The maximum absolute atomic E-state index is 11.4. The topological polar surface area (TPSA) is 57.7 Å². The third kappa shape index (κ3) is 4.93. The van der Waals surface area contributed by atoms with Crippen LogP contribution in [0.15, 0.2) is 18.3 Å². The zero-order valence-corrected chi connectivity index (χ0v) is 10.1. The van der Waals surface area contributed by atoms with Gasteiger partial charge in [0.15, 0.2) is 0 Å². The van der Waals surface area contributed by atoms with Gasteiger partial charge in [0.1, 0.15) is 5.69 Å². The van der Waals surface area contributed by atoms with Crippen LogP contribution in [0, 0.1) is 0 Å². The number of rotatable bonds is 7. The molecule has 0 radical (unpaired) electrons. The van der Waals surface area contributed by atoms with E-state index in [1.807, 2.05) is 0 Å². The number of methoxy groups -OCH3 is 1. The Morgan fingerprint density at radius 2 is 2.24 bits per heavy atom. The number of carbonyl (C=O) groups excluding carboxylic acids is 1. The van der Waals surface area contributed by atoms with Crippen molar-refractivity contribution in [3.05, 3.63) is 29.6 Å². The molecule has 0 saturated heterocycles. The molecule has 1 aromatic rings. The summed E-state index contributed by atoms with van der Waals surface area (Å²) in [6, 6.07) is 3.47. The Labute approximate surface area is 101 Å². The average Bonchev–Trinajstić information content (AvgIpc) is 2.35. The first kappa shape index (κ1) is 13.6. The molecule has 0 spiro atoms. The van der Waals surface area contributed by atoms with E-state index < -0.39 is 5.97 Å². The number of esters is 1. The van der Waals surface area contributed by atoms with E-state index >= 15 is 0 Å². The van der Waals surface area contributed by atoms with Crippen molar-refractivity contribution < 1.29 is 19.0 Å². The zero-order valence-electron chi connectivity index (χ0n) is 10.1. The summed E-state index contributed by atoms with van der Waals surface area (Å²) in [5.41, 5.74) is 1.19. The molecule has 0 saturated carbocycles. The lowest BCUT2D eigenvalue weighted by Crippen LogP contribution is -2.08. The van der Waals surface area contributed by atoms with Crippen molar-refractivity contribution in [3.63, 3.8) is 0 Å². The number of hydrogen-bond acceptors (Lipinski definition) is 5. The van der Waals surface area contributed by atoms with Crippen LogP contribution in [0.25, 0.3) is 0 Å². The molecule has 0 fully saturated rings. The van der Waals surface area contributed by atoms with E-state index in [0.717, 1.165) is 5.56 Å². The van der Waals surface area contributed by atoms with E-state index in [2.05, 4.69) is 4.98 Å². The molecule has 0 aliphatic carbocycles. The van der Waals surface area contributed by atoms with Crippen molar-refractivity contribution in [2.45, 2.75) is 13.5 Å². The third-order valence-corrected chi connectivity index (χ3v) is 2.01. The Kier molecular flexibility index (Phi) is 6.21. The summed E-state index contributed by atoms with van der Waals surface area (Å²) in [6.07, 6.45) is 1.57. The summed E-state index contributed by atoms with van der Waals surface area (Å²) in [6.45, 7) is 3.60. The molecule has 0 bridgehead atoms. The van der Waals surface area contributed by atoms with Crippen LogP contribution in [-0.4, -0.2) is 37.9 Å². The van der Waals surface area contributed by atoms with Crippen LogP contribution in [0.1, 0.15) is 23.0 Å². The molecule has 0 aromatic carbocycles. The minimum absolute atomic E-state index is 0.305. The van der Waals surface area contributed by atoms with Crippen LogP contribution in [0.4, 0.5) is 0 Å². The Morgan fingerprint density at radius 3 is 2.94 bits per heavy atom. The van der Waals surface area contributed by atoms with Crippen molar-refractivity contribution in [3.8, 4) is 0 Å². The highest BCUT2D eigenvalue weighted by atomic mass is 16.5. The molecule has 0 aliphatic heterocycles. The van der Waals surface area contributed by atoms with E-state index in [9.17, 15) is 4.79 Å². The fourth-order valence-electron chi connectivity index (χ4n) is 1.21. The zero-order chi connectivity index (χ0) is 12.5. The van der Waals surface area contributed by atoms with Gasteiger partial charge in [0.05, 0.1) is 26.4 Å². The second-order valence-corrected chi connectivity index (χ2v) is 3.32. The highest BCUT2D eigenvalue weighted by Crippen LogP contribution is 2.05. The van der Waals surface area contributed by atoms with E-state index in [1.54, 1.807) is 32.4 Å². The van der Waals surface area contributed by atoms with Crippen LogP contribution in [-0.2, 0) is 20.8 Å². The molecule has 0 amide bonds. The molecule has 0 unspecified atom stereocenters. The largest absolute Gasteiger partial charge is 0.461 e. The molecule has 0 aliphatic rings. The van der Waals surface area contributed by atoms with Gasteiger partial charge in [-0.3, -0.25) is 0 Å². The molecule has 1 aromatic heterocycles. The Bertz CT molecular complexity index is 354. The standard InChI is InChI=1S/C12H17NO4/c1-3-17-12(14)11-8-10(4-5-13-11)9-16-7-6-15-2/h4-5,8H,3,6-7,9H2,1-2H3. The summed E-state index contributed by atoms with van der Waals surface area (Å²) < 4.78 is 15.1. The fraction of sp³-hybridized carbons (Fsp3) is 0.500. The number of pyridine rings is 1. The van der Waals surface area contributed by atoms with Gasteiger partial charge in [0.2, 0.25) is 0 Å². The van der Waals surface area contributed by atoms with Gasteiger partial charge in [-0.25, -0.2) is 9.78 Å². The predicted octanol–water partition coefficient (Wildman–Crippen LogP) is 1.42. The van der Waals surface area contributed by atoms with Gasteiger partial charge in [0, 0.05) is 13.3 Å². The molecular formula is C12H17NO4. The first-order valence-electron chi connectivity index (χ1n) is 5.46. The van der Waals surface area contributed by atoms with E-state index in [4.69, 9.17) is 14.2 Å². The van der Waals surface area contributed by atoms with Crippen LogP contribution in [0.5, 0.6) is 0 Å². The van der Waals surface area contributed by atoms with Crippen LogP contribution < -0.4 is 0 Å². The lowest BCUT2D eigenvalue weighted by Gasteiger charge is -2.05. The molecule has 0 atom stereocenters. The SMILES string of the molecule is CCOC(=O)c1cc(COCCOC)ccn1. The molecule has 5 nitrogen and oxygen atoms in total. The number of ether oxygens (including phenoxy) is 3. The lowest BCUT2D eigenvalue weighted by atomic mass is 10.2. The Morgan fingerprint density at radius 1 is 1.41 bits per heavy atom. The monoisotopic (exact) mass is 239 g/mol. The summed E-state index contributed by atoms with van der Waals surface area (Å²) >= 11 is 0. The van der Waals surface area contributed by atoms with E-state index in [1.165, 1.54) is 0 Å². The molecular weight excluding hydrogens is 222 g/mol. The van der Waals surface area contributed by atoms with Crippen molar-refractivity contribution in [1.82, 2.24) is 4.98 Å². The Balaban J connectivity index is 2.50. The van der Waals surface area contributed by atoms with Gasteiger partial charge in [0.25, 0.3) is 0 Å². The molecule has 0 N–H and O–H groups in total. The quantitative estimate of drug-likeness (QED) is 0.532. The van der Waals surface area contributed by atoms with Crippen LogP contribution in [0.2, 0.25) is 0 Å². The van der Waals surface area contributed by atoms with Gasteiger partial charge >= 0.3 is 5.97 Å². The second-order valence-electron chi connectivity index (χ2n) is 3.32. The Hall–Kier alpha value is -1.46. The molecule has 94 valence electrons. The van der Waals surface area contributed by atoms with E-state index in [-0.39, 0.29) is 0 Å².